The van der Waals surface area contributed by atoms with E-state index in [-0.39, 0.29) is 6.10 Å². The van der Waals surface area contributed by atoms with Crippen molar-refractivity contribution in [3.8, 4) is 5.88 Å². The van der Waals surface area contributed by atoms with Crippen LogP contribution < -0.4 is 10.5 Å². The van der Waals surface area contributed by atoms with Crippen LogP contribution in [0, 0.1) is 0 Å². The zero-order chi connectivity index (χ0) is 10.7. The van der Waals surface area contributed by atoms with Crippen molar-refractivity contribution in [2.75, 3.05) is 13.2 Å². The molecular weight excluding hydrogens is 196 g/mol. The molecule has 1 aliphatic rings. The normalized spacial score (nSPS) is 20.1. The van der Waals surface area contributed by atoms with Crippen molar-refractivity contribution in [3.05, 3.63) is 23.9 Å². The summed E-state index contributed by atoms with van der Waals surface area (Å²) in [5, 5.41) is 0. The average Bonchev–Trinajstić information content (AvgIpc) is 2.71. The van der Waals surface area contributed by atoms with Gasteiger partial charge in [0.1, 0.15) is 6.10 Å². The highest BCUT2D eigenvalue weighted by molar-refractivity contribution is 5.92. The number of nitrogens with two attached hydrogens (primary N) is 1. The first-order valence-electron chi connectivity index (χ1n) is 4.76. The van der Waals surface area contributed by atoms with E-state index in [1.165, 1.54) is 6.20 Å². The van der Waals surface area contributed by atoms with Gasteiger partial charge in [0.15, 0.2) is 0 Å². The summed E-state index contributed by atoms with van der Waals surface area (Å²) in [4.78, 5) is 14.9. The smallest absolute Gasteiger partial charge is 0.248 e. The third-order valence-corrected chi connectivity index (χ3v) is 2.19. The van der Waals surface area contributed by atoms with Gasteiger partial charge in [0, 0.05) is 24.2 Å². The van der Waals surface area contributed by atoms with Crippen LogP contribution in [0.3, 0.4) is 0 Å². The summed E-state index contributed by atoms with van der Waals surface area (Å²) in [6, 6.07) is 3.10. The first-order valence-corrected chi connectivity index (χ1v) is 4.76. The summed E-state index contributed by atoms with van der Waals surface area (Å²) in [5.74, 6) is -0.0632. The van der Waals surface area contributed by atoms with Gasteiger partial charge in [-0.25, -0.2) is 4.98 Å². The molecule has 1 aliphatic heterocycles. The van der Waals surface area contributed by atoms with Crippen molar-refractivity contribution in [3.63, 3.8) is 0 Å². The summed E-state index contributed by atoms with van der Waals surface area (Å²) in [5.41, 5.74) is 5.55. The number of hydrogen-bond acceptors (Lipinski definition) is 4. The SMILES string of the molecule is NC(=O)c1ccnc(O[C@H]2CCOC2)c1. The maximum atomic E-state index is 10.9. The van der Waals surface area contributed by atoms with Gasteiger partial charge in [-0.15, -0.1) is 0 Å². The minimum Gasteiger partial charge on any atom is -0.472 e. The van der Waals surface area contributed by atoms with Crippen LogP contribution in [-0.2, 0) is 4.74 Å². The third-order valence-electron chi connectivity index (χ3n) is 2.19. The Kier molecular flexibility index (Phi) is 2.82. The molecule has 5 heteroatoms. The van der Waals surface area contributed by atoms with Gasteiger partial charge < -0.3 is 15.2 Å². The zero-order valence-corrected chi connectivity index (χ0v) is 8.18. The highest BCUT2D eigenvalue weighted by Gasteiger charge is 2.17. The molecule has 1 fully saturated rings. The summed E-state index contributed by atoms with van der Waals surface area (Å²) in [6.07, 6.45) is 2.38. The Balaban J connectivity index is 2.07. The van der Waals surface area contributed by atoms with Crippen LogP contribution in [0.5, 0.6) is 5.88 Å². The molecule has 2 N–H and O–H groups in total. The Hall–Kier alpha value is -1.62. The number of pyridine rings is 1. The molecule has 1 aromatic heterocycles. The predicted molar refractivity (Wildman–Crippen MR) is 52.6 cm³/mol. The lowest BCUT2D eigenvalue weighted by Crippen LogP contribution is -2.17. The Morgan fingerprint density at radius 3 is 3.20 bits per heavy atom. The number of hydrogen-bond donors (Lipinski definition) is 1. The molecule has 0 aromatic carbocycles. The maximum absolute atomic E-state index is 10.9. The molecule has 1 aromatic rings. The zero-order valence-electron chi connectivity index (χ0n) is 8.18. The highest BCUT2D eigenvalue weighted by Crippen LogP contribution is 2.15. The van der Waals surface area contributed by atoms with Gasteiger partial charge in [-0.2, -0.15) is 0 Å². The maximum Gasteiger partial charge on any atom is 0.248 e. The van der Waals surface area contributed by atoms with E-state index in [0.29, 0.717) is 24.7 Å². The van der Waals surface area contributed by atoms with Crippen molar-refractivity contribution >= 4 is 5.91 Å². The molecule has 5 nitrogen and oxygen atoms in total. The molecule has 0 unspecified atom stereocenters. The molecule has 1 amide bonds. The minimum absolute atomic E-state index is 0.0284. The van der Waals surface area contributed by atoms with Gasteiger partial charge in [0.05, 0.1) is 13.2 Å². The third kappa shape index (κ3) is 2.44. The second kappa shape index (κ2) is 4.27. The predicted octanol–water partition coefficient (Wildman–Crippen LogP) is 0.348. The van der Waals surface area contributed by atoms with E-state index in [0.717, 1.165) is 6.42 Å². The van der Waals surface area contributed by atoms with E-state index in [9.17, 15) is 4.79 Å². The number of carbonyl (C=O) groups excluding carboxylic acids is 1. The number of aromatic nitrogens is 1. The Labute approximate surface area is 87.2 Å². The van der Waals surface area contributed by atoms with Crippen LogP contribution in [0.1, 0.15) is 16.8 Å². The van der Waals surface area contributed by atoms with Gasteiger partial charge in [0.2, 0.25) is 11.8 Å². The van der Waals surface area contributed by atoms with Gasteiger partial charge in [0.25, 0.3) is 0 Å². The van der Waals surface area contributed by atoms with Crippen LogP contribution in [-0.4, -0.2) is 30.2 Å². The van der Waals surface area contributed by atoms with E-state index in [1.807, 2.05) is 0 Å². The number of amides is 1. The summed E-state index contributed by atoms with van der Waals surface area (Å²) < 4.78 is 10.7. The van der Waals surface area contributed by atoms with Gasteiger partial charge in [-0.05, 0) is 6.07 Å². The molecule has 80 valence electrons. The van der Waals surface area contributed by atoms with Crippen molar-refractivity contribution in [1.29, 1.82) is 0 Å². The lowest BCUT2D eigenvalue weighted by atomic mass is 10.2. The molecule has 0 bridgehead atoms. The van der Waals surface area contributed by atoms with Crippen LogP contribution in [0.25, 0.3) is 0 Å². The second-order valence-corrected chi connectivity index (χ2v) is 3.35. The van der Waals surface area contributed by atoms with Crippen LogP contribution >= 0.6 is 0 Å². The molecule has 2 rings (SSSR count). The number of ether oxygens (including phenoxy) is 2. The molecule has 1 atom stereocenters. The molecule has 15 heavy (non-hydrogen) atoms. The lowest BCUT2D eigenvalue weighted by molar-refractivity contribution is 0.0998. The van der Waals surface area contributed by atoms with Gasteiger partial charge in [-0.1, -0.05) is 0 Å². The fourth-order valence-corrected chi connectivity index (χ4v) is 1.40. The van der Waals surface area contributed by atoms with Crippen molar-refractivity contribution in [1.82, 2.24) is 4.98 Å². The quantitative estimate of drug-likeness (QED) is 0.777. The fraction of sp³-hybridized carbons (Fsp3) is 0.400. The highest BCUT2D eigenvalue weighted by atomic mass is 16.5. The van der Waals surface area contributed by atoms with Crippen LogP contribution in [0.4, 0.5) is 0 Å². The monoisotopic (exact) mass is 208 g/mol. The van der Waals surface area contributed by atoms with E-state index < -0.39 is 5.91 Å². The number of nitrogens with zero attached hydrogens (tertiary/aromatic N) is 1. The molecular formula is C10H12N2O3. The molecule has 0 spiro atoms. The topological polar surface area (TPSA) is 74.4 Å². The van der Waals surface area contributed by atoms with Crippen molar-refractivity contribution < 1.29 is 14.3 Å². The number of carbonyl (C=O) groups is 1. The Bertz CT molecular complexity index is 361. The van der Waals surface area contributed by atoms with Crippen LogP contribution in [0.2, 0.25) is 0 Å². The van der Waals surface area contributed by atoms with E-state index in [4.69, 9.17) is 15.2 Å². The molecule has 0 radical (unpaired) electrons. The van der Waals surface area contributed by atoms with Gasteiger partial charge >= 0.3 is 0 Å². The molecule has 1 saturated heterocycles. The van der Waals surface area contributed by atoms with Crippen molar-refractivity contribution in [2.45, 2.75) is 12.5 Å². The van der Waals surface area contributed by atoms with E-state index in [2.05, 4.69) is 4.98 Å². The first kappa shape index (κ1) is 9.92. The van der Waals surface area contributed by atoms with E-state index in [1.54, 1.807) is 12.1 Å². The molecule has 2 heterocycles. The summed E-state index contributed by atoms with van der Waals surface area (Å²) in [6.45, 7) is 1.28. The minimum atomic E-state index is -0.482. The van der Waals surface area contributed by atoms with E-state index >= 15 is 0 Å². The molecule has 0 aliphatic carbocycles. The number of rotatable bonds is 3. The largest absolute Gasteiger partial charge is 0.472 e. The lowest BCUT2D eigenvalue weighted by Gasteiger charge is -2.10. The van der Waals surface area contributed by atoms with Crippen LogP contribution in [0.15, 0.2) is 18.3 Å². The standard InChI is InChI=1S/C10H12N2O3/c11-10(13)7-1-3-12-9(5-7)15-8-2-4-14-6-8/h1,3,5,8H,2,4,6H2,(H2,11,13)/t8-/m0/s1. The number of primary amides is 1. The Morgan fingerprint density at radius 2 is 2.53 bits per heavy atom. The van der Waals surface area contributed by atoms with Crippen molar-refractivity contribution in [2.24, 2.45) is 5.73 Å². The first-order chi connectivity index (χ1) is 7.25. The summed E-state index contributed by atoms with van der Waals surface area (Å²) in [7, 11) is 0. The second-order valence-electron chi connectivity index (χ2n) is 3.35. The fourth-order valence-electron chi connectivity index (χ4n) is 1.40. The van der Waals surface area contributed by atoms with Gasteiger partial charge in [-0.3, -0.25) is 4.79 Å². The molecule has 0 saturated carbocycles. The summed E-state index contributed by atoms with van der Waals surface area (Å²) >= 11 is 0. The average molecular weight is 208 g/mol. The Morgan fingerprint density at radius 1 is 1.67 bits per heavy atom.